The van der Waals surface area contributed by atoms with Gasteiger partial charge in [-0.2, -0.15) is 11.1 Å². The van der Waals surface area contributed by atoms with Crippen LogP contribution < -0.4 is 24.8 Å². The number of hydrogen-bond acceptors (Lipinski definition) is 0. The summed E-state index contributed by atoms with van der Waals surface area (Å²) in [6, 6.07) is 18.6. The molecule has 2 atom stereocenters. The van der Waals surface area contributed by atoms with Crippen LogP contribution in [0.15, 0.2) is 72.8 Å². The maximum atomic E-state index is 15.3. The second-order valence-electron chi connectivity index (χ2n) is 8.64. The first-order chi connectivity index (χ1) is 16.0. The fraction of sp³-hybridized carbons (Fsp3) is 0.111. The van der Waals surface area contributed by atoms with E-state index in [-0.39, 0.29) is 51.0 Å². The predicted octanol–water partition coefficient (Wildman–Crippen LogP) is 1.28. The van der Waals surface area contributed by atoms with Crippen LogP contribution >= 0.6 is 11.1 Å². The average Bonchev–Trinajstić information content (AvgIpc) is 3.29. The molecular formula is C27H17Cl3F4SiZr. The molecule has 2 aliphatic carbocycles. The second kappa shape index (κ2) is 11.1. The molecule has 4 aromatic rings. The van der Waals surface area contributed by atoms with E-state index in [1.54, 1.807) is 24.3 Å². The van der Waals surface area contributed by atoms with Crippen LogP contribution in [0.4, 0.5) is 17.6 Å². The molecule has 0 aliphatic heterocycles. The third kappa shape index (κ3) is 4.33. The molecule has 0 fully saturated rings. The Morgan fingerprint density at radius 1 is 0.611 bits per heavy atom. The van der Waals surface area contributed by atoms with E-state index < -0.39 is 49.5 Å². The third-order valence-electron chi connectivity index (χ3n) is 7.04. The van der Waals surface area contributed by atoms with E-state index in [9.17, 15) is 8.78 Å². The topological polar surface area (TPSA) is 0 Å². The maximum absolute atomic E-state index is 15.3. The van der Waals surface area contributed by atoms with E-state index in [1.807, 2.05) is 12.1 Å². The molecule has 0 N–H and O–H groups in total. The fourth-order valence-electron chi connectivity index (χ4n) is 5.82. The summed E-state index contributed by atoms with van der Waals surface area (Å²) in [5, 5.41) is 0. The van der Waals surface area contributed by atoms with Crippen LogP contribution in [-0.4, -0.2) is 8.83 Å². The summed E-state index contributed by atoms with van der Waals surface area (Å²) in [5.74, 6) is -2.75. The number of rotatable bonds is 3. The fourth-order valence-corrected chi connectivity index (χ4v) is 8.22. The molecule has 0 spiro atoms. The van der Waals surface area contributed by atoms with E-state index in [2.05, 4.69) is 0 Å². The smallest absolute Gasteiger partial charge is 1.00 e. The van der Waals surface area contributed by atoms with Gasteiger partial charge in [0.1, 0.15) is 32.1 Å². The van der Waals surface area contributed by atoms with E-state index in [0.29, 0.717) is 33.4 Å². The molecule has 0 saturated heterocycles. The largest absolute Gasteiger partial charge is 2.00 e. The Morgan fingerprint density at radius 3 is 1.42 bits per heavy atom. The van der Waals surface area contributed by atoms with E-state index >= 15 is 8.78 Å². The summed E-state index contributed by atoms with van der Waals surface area (Å²) in [6.07, 6.45) is 0. The monoisotopic (exact) mass is 640 g/mol. The first-order valence-electron chi connectivity index (χ1n) is 10.7. The Balaban J connectivity index is 0.00000120. The number of hydrogen-bond donors (Lipinski definition) is 0. The molecule has 182 valence electrons. The van der Waals surface area contributed by atoms with Gasteiger partial charge in [0, 0.05) is 23.0 Å². The summed E-state index contributed by atoms with van der Waals surface area (Å²) >= 11 is 6.68. The summed E-state index contributed by atoms with van der Waals surface area (Å²) in [4.78, 5) is 0. The van der Waals surface area contributed by atoms with Crippen LogP contribution in [0.3, 0.4) is 0 Å². The second-order valence-corrected chi connectivity index (χ2v) is 10.8. The van der Waals surface area contributed by atoms with Crippen molar-refractivity contribution in [3.63, 3.8) is 0 Å². The van der Waals surface area contributed by atoms with Crippen LogP contribution in [0.2, 0.25) is 5.54 Å². The normalized spacial score (nSPS) is 17.2. The van der Waals surface area contributed by atoms with Crippen LogP contribution in [0.1, 0.15) is 34.1 Å². The van der Waals surface area contributed by atoms with Crippen molar-refractivity contribution in [2.75, 3.05) is 0 Å². The molecule has 0 heterocycles. The van der Waals surface area contributed by atoms with Crippen LogP contribution in [0.5, 0.6) is 0 Å². The third-order valence-corrected chi connectivity index (χ3v) is 9.41. The quantitative estimate of drug-likeness (QED) is 0.180. The van der Waals surface area contributed by atoms with Crippen LogP contribution in [0, 0.1) is 23.3 Å². The Hall–Kier alpha value is -1.43. The van der Waals surface area contributed by atoms with E-state index in [4.69, 9.17) is 11.1 Å². The summed E-state index contributed by atoms with van der Waals surface area (Å²) in [7, 11) is -1.45. The van der Waals surface area contributed by atoms with Gasteiger partial charge in [-0.25, -0.2) is 17.6 Å². The summed E-state index contributed by atoms with van der Waals surface area (Å²) in [6.45, 7) is 0. The van der Waals surface area contributed by atoms with Gasteiger partial charge in [0.2, 0.25) is 0 Å². The Labute approximate surface area is 244 Å². The molecule has 0 saturated carbocycles. The van der Waals surface area contributed by atoms with Gasteiger partial charge in [-0.3, -0.25) is 0 Å². The van der Waals surface area contributed by atoms with Crippen molar-refractivity contribution in [1.29, 1.82) is 0 Å². The van der Waals surface area contributed by atoms with Gasteiger partial charge in [0.25, 0.3) is 0 Å². The molecule has 0 bridgehead atoms. The van der Waals surface area contributed by atoms with Crippen LogP contribution in [0.25, 0.3) is 22.3 Å². The molecule has 6 rings (SSSR count). The molecule has 9 heteroatoms. The predicted molar refractivity (Wildman–Crippen MR) is 125 cm³/mol. The van der Waals surface area contributed by atoms with Gasteiger partial charge in [0.05, 0.1) is 0 Å². The minimum Gasteiger partial charge on any atom is -1.00 e. The zero-order valence-corrected chi connectivity index (χ0v) is 24.7. The van der Waals surface area contributed by atoms with Crippen molar-refractivity contribution < 1.29 is 68.6 Å². The van der Waals surface area contributed by atoms with Crippen LogP contribution in [-0.2, 0) is 26.2 Å². The molecular weight excluding hydrogens is 626 g/mol. The van der Waals surface area contributed by atoms with Gasteiger partial charge in [-0.1, -0.05) is 36.4 Å². The zero-order chi connectivity index (χ0) is 22.9. The minimum atomic E-state index is -1.45. The van der Waals surface area contributed by atoms with E-state index in [1.165, 1.54) is 36.4 Å². The zero-order valence-electron chi connectivity index (χ0n) is 18.5. The van der Waals surface area contributed by atoms with Gasteiger partial charge in [-0.05, 0) is 75.3 Å². The minimum absolute atomic E-state index is 0. The first-order valence-corrected chi connectivity index (χ1v) is 13.7. The van der Waals surface area contributed by atoms with Gasteiger partial charge >= 0.3 is 26.2 Å². The molecule has 2 unspecified atom stereocenters. The van der Waals surface area contributed by atoms with E-state index in [0.717, 1.165) is 11.1 Å². The molecule has 0 amide bonds. The SMILES string of the molecule is Fc1ccc2c(c1)C(C([SiH2]Cl)C1c3cc(F)ccc3-c3cccc(F)c31)c1c(F)cccc1-2.[Cl-].[Cl-].[Zr+2]. The van der Waals surface area contributed by atoms with Crippen molar-refractivity contribution in [3.8, 4) is 22.3 Å². The average molecular weight is 643 g/mol. The molecule has 4 aromatic carbocycles. The first kappa shape index (κ1) is 29.1. The van der Waals surface area contributed by atoms with Crippen molar-refractivity contribution in [3.05, 3.63) is 118 Å². The van der Waals surface area contributed by atoms with Crippen molar-refractivity contribution in [2.24, 2.45) is 0 Å². The van der Waals surface area contributed by atoms with Crippen molar-refractivity contribution in [1.82, 2.24) is 0 Å². The van der Waals surface area contributed by atoms with Gasteiger partial charge in [-0.15, -0.1) is 0 Å². The Bertz CT molecular complexity index is 1340. The molecule has 36 heavy (non-hydrogen) atoms. The van der Waals surface area contributed by atoms with Crippen molar-refractivity contribution >= 4 is 19.9 Å². The number of benzene rings is 4. The molecule has 0 nitrogen and oxygen atoms in total. The standard InChI is InChI=1S/C27H17ClF4Si.2ClH.Zr/c28-33-27(25-19-11-13(29)7-9-15(19)17-3-1-5-21(31)23(17)25)26-20-12-14(30)8-10-16(20)18-4-2-6-22(32)24(18)26;;;/h1-12,25-27H,33H2;2*1H;/q;;;+2/p-2. The van der Waals surface area contributed by atoms with Gasteiger partial charge in [0.15, 0.2) is 0 Å². The number of halogens is 7. The Kier molecular flexibility index (Phi) is 9.00. The maximum Gasteiger partial charge on any atom is 2.00 e. The number of fused-ring (bicyclic) bond motifs is 6. The molecule has 0 radical (unpaired) electrons. The molecule has 2 aliphatic rings. The van der Waals surface area contributed by atoms with Gasteiger partial charge < -0.3 is 24.8 Å². The Morgan fingerprint density at radius 2 is 1.03 bits per heavy atom. The molecule has 0 aromatic heterocycles. The summed E-state index contributed by atoms with van der Waals surface area (Å²) < 4.78 is 59.3. The summed E-state index contributed by atoms with van der Waals surface area (Å²) in [5.41, 5.74) is 4.72. The van der Waals surface area contributed by atoms with Crippen molar-refractivity contribution in [2.45, 2.75) is 17.4 Å².